The summed E-state index contributed by atoms with van der Waals surface area (Å²) in [6, 6.07) is 18.7. The molecule has 2 aromatic heterocycles. The highest BCUT2D eigenvalue weighted by Crippen LogP contribution is 2.31. The van der Waals surface area contributed by atoms with Crippen molar-refractivity contribution in [2.24, 2.45) is 0 Å². The lowest BCUT2D eigenvalue weighted by molar-refractivity contribution is -0.115. The van der Waals surface area contributed by atoms with E-state index in [-0.39, 0.29) is 5.91 Å². The van der Waals surface area contributed by atoms with Gasteiger partial charge in [0.25, 0.3) is 0 Å². The molecule has 0 saturated carbocycles. The number of para-hydroxylation sites is 2. The Kier molecular flexibility index (Phi) is 7.54. The van der Waals surface area contributed by atoms with Gasteiger partial charge in [0, 0.05) is 5.56 Å². The molecule has 4 aromatic rings. The molecule has 1 amide bonds. The van der Waals surface area contributed by atoms with Gasteiger partial charge in [-0.3, -0.25) is 9.36 Å². The van der Waals surface area contributed by atoms with E-state index in [0.717, 1.165) is 17.1 Å². The van der Waals surface area contributed by atoms with Gasteiger partial charge >= 0.3 is 0 Å². The quantitative estimate of drug-likeness (QED) is 0.317. The third-order valence-corrected chi connectivity index (χ3v) is 6.12. The Labute approximate surface area is 202 Å². The maximum absolute atomic E-state index is 13.0. The van der Waals surface area contributed by atoms with Crippen molar-refractivity contribution in [1.29, 1.82) is 0 Å². The Bertz CT molecular complexity index is 1240. The summed E-state index contributed by atoms with van der Waals surface area (Å²) in [7, 11) is 1.62. The number of rotatable bonds is 10. The topological polar surface area (TPSA) is 91.4 Å². The summed E-state index contributed by atoms with van der Waals surface area (Å²) >= 11 is 1.33. The number of hydrogen-bond acceptors (Lipinski definition) is 7. The first-order chi connectivity index (χ1) is 16.6. The van der Waals surface area contributed by atoms with Crippen LogP contribution in [-0.4, -0.2) is 39.6 Å². The number of hydrogen-bond donors (Lipinski definition) is 1. The molecule has 1 atom stereocenters. The van der Waals surface area contributed by atoms with E-state index in [2.05, 4.69) is 15.5 Å². The molecule has 34 heavy (non-hydrogen) atoms. The van der Waals surface area contributed by atoms with Crippen LogP contribution in [0.3, 0.4) is 0 Å². The minimum atomic E-state index is -0.438. The molecule has 0 spiro atoms. The fraction of sp³-hybridized carbons (Fsp3) is 0.240. The molecule has 0 radical (unpaired) electrons. The van der Waals surface area contributed by atoms with Gasteiger partial charge in [-0.1, -0.05) is 36.0 Å². The van der Waals surface area contributed by atoms with Gasteiger partial charge in [0.15, 0.2) is 11.0 Å². The molecule has 9 heteroatoms. The number of aromatic nitrogens is 3. The number of nitrogens with one attached hydrogen (secondary N) is 1. The number of carbonyl (C=O) groups is 1. The Morgan fingerprint density at radius 3 is 2.76 bits per heavy atom. The van der Waals surface area contributed by atoms with Crippen LogP contribution in [0.15, 0.2) is 76.5 Å². The fourth-order valence-electron chi connectivity index (χ4n) is 3.35. The number of amides is 1. The van der Waals surface area contributed by atoms with Gasteiger partial charge in [0.1, 0.15) is 17.3 Å². The molecule has 0 aliphatic rings. The molecular weight excluding hydrogens is 452 g/mol. The van der Waals surface area contributed by atoms with E-state index in [1.165, 1.54) is 11.8 Å². The van der Waals surface area contributed by atoms with Crippen LogP contribution in [0, 0.1) is 0 Å². The molecule has 0 fully saturated rings. The van der Waals surface area contributed by atoms with Gasteiger partial charge in [0.05, 0.1) is 37.5 Å². The second kappa shape index (κ2) is 10.9. The van der Waals surface area contributed by atoms with Crippen molar-refractivity contribution < 1.29 is 18.7 Å². The molecule has 1 unspecified atom stereocenters. The Balaban J connectivity index is 1.58. The monoisotopic (exact) mass is 478 g/mol. The van der Waals surface area contributed by atoms with E-state index in [1.54, 1.807) is 13.4 Å². The van der Waals surface area contributed by atoms with Crippen molar-refractivity contribution in [3.63, 3.8) is 0 Å². The molecule has 0 aliphatic carbocycles. The van der Waals surface area contributed by atoms with E-state index in [9.17, 15) is 4.79 Å². The molecule has 2 heterocycles. The van der Waals surface area contributed by atoms with E-state index < -0.39 is 5.25 Å². The van der Waals surface area contributed by atoms with Crippen LogP contribution in [0.25, 0.3) is 11.4 Å². The summed E-state index contributed by atoms with van der Waals surface area (Å²) in [5.41, 5.74) is 1.49. The highest BCUT2D eigenvalue weighted by Gasteiger charge is 2.22. The van der Waals surface area contributed by atoms with Crippen molar-refractivity contribution in [2.75, 3.05) is 19.0 Å². The van der Waals surface area contributed by atoms with Crippen LogP contribution in [0.4, 0.5) is 5.69 Å². The van der Waals surface area contributed by atoms with Crippen LogP contribution in [0.2, 0.25) is 0 Å². The first-order valence-corrected chi connectivity index (χ1v) is 11.8. The first kappa shape index (κ1) is 23.4. The SMILES string of the molecule is CCOc1ccccc1NC(=O)C(C)Sc1nnc(-c2cccc(OC)c2)n1Cc1ccco1. The van der Waals surface area contributed by atoms with E-state index >= 15 is 0 Å². The van der Waals surface area contributed by atoms with Gasteiger partial charge in [-0.2, -0.15) is 0 Å². The van der Waals surface area contributed by atoms with E-state index in [0.29, 0.717) is 35.6 Å². The third-order valence-electron chi connectivity index (χ3n) is 5.04. The maximum Gasteiger partial charge on any atom is 0.237 e. The number of ether oxygens (including phenoxy) is 2. The summed E-state index contributed by atoms with van der Waals surface area (Å²) in [5.74, 6) is 2.62. The molecule has 2 aromatic carbocycles. The minimum Gasteiger partial charge on any atom is -0.497 e. The number of nitrogens with zero attached hydrogens (tertiary/aromatic N) is 3. The van der Waals surface area contributed by atoms with Gasteiger partial charge in [-0.15, -0.1) is 10.2 Å². The van der Waals surface area contributed by atoms with Crippen LogP contribution in [-0.2, 0) is 11.3 Å². The second-order valence-electron chi connectivity index (χ2n) is 7.38. The molecule has 4 rings (SSSR count). The predicted molar refractivity (Wildman–Crippen MR) is 131 cm³/mol. The fourth-order valence-corrected chi connectivity index (χ4v) is 4.20. The highest BCUT2D eigenvalue weighted by molar-refractivity contribution is 8.00. The normalized spacial score (nSPS) is 11.7. The van der Waals surface area contributed by atoms with Crippen molar-refractivity contribution in [3.05, 3.63) is 72.7 Å². The smallest absolute Gasteiger partial charge is 0.237 e. The van der Waals surface area contributed by atoms with Gasteiger partial charge in [-0.25, -0.2) is 0 Å². The number of carbonyl (C=O) groups excluding carboxylic acids is 1. The van der Waals surface area contributed by atoms with Gasteiger partial charge in [0.2, 0.25) is 5.91 Å². The lowest BCUT2D eigenvalue weighted by Crippen LogP contribution is -2.23. The van der Waals surface area contributed by atoms with Gasteiger partial charge in [-0.05, 0) is 50.2 Å². The Morgan fingerprint density at radius 2 is 2.00 bits per heavy atom. The average Bonchev–Trinajstić information content (AvgIpc) is 3.51. The third kappa shape index (κ3) is 5.43. The Morgan fingerprint density at radius 1 is 1.15 bits per heavy atom. The zero-order valence-corrected chi connectivity index (χ0v) is 20.0. The van der Waals surface area contributed by atoms with Gasteiger partial charge < -0.3 is 19.2 Å². The summed E-state index contributed by atoms with van der Waals surface area (Å²) in [5, 5.41) is 11.9. The van der Waals surface area contributed by atoms with Crippen LogP contribution in [0.5, 0.6) is 11.5 Å². The highest BCUT2D eigenvalue weighted by atomic mass is 32.2. The number of thioether (sulfide) groups is 1. The first-order valence-electron chi connectivity index (χ1n) is 10.9. The maximum atomic E-state index is 13.0. The molecule has 0 aliphatic heterocycles. The van der Waals surface area contributed by atoms with Crippen molar-refractivity contribution in [2.45, 2.75) is 30.8 Å². The lowest BCUT2D eigenvalue weighted by Gasteiger charge is -2.15. The number of furan rings is 1. The number of benzene rings is 2. The molecule has 1 N–H and O–H groups in total. The van der Waals surface area contributed by atoms with Crippen LogP contribution < -0.4 is 14.8 Å². The van der Waals surface area contributed by atoms with Crippen molar-refractivity contribution in [3.8, 4) is 22.9 Å². The van der Waals surface area contributed by atoms with E-state index in [4.69, 9.17) is 13.9 Å². The summed E-state index contributed by atoms with van der Waals surface area (Å²) in [6.07, 6.45) is 1.63. The number of methoxy groups -OCH3 is 1. The largest absolute Gasteiger partial charge is 0.497 e. The summed E-state index contributed by atoms with van der Waals surface area (Å²) in [6.45, 7) is 4.68. The second-order valence-corrected chi connectivity index (χ2v) is 8.69. The molecule has 8 nitrogen and oxygen atoms in total. The minimum absolute atomic E-state index is 0.160. The van der Waals surface area contributed by atoms with Crippen molar-refractivity contribution >= 4 is 23.4 Å². The lowest BCUT2D eigenvalue weighted by atomic mass is 10.2. The zero-order chi connectivity index (χ0) is 23.9. The average molecular weight is 479 g/mol. The zero-order valence-electron chi connectivity index (χ0n) is 19.2. The molecule has 176 valence electrons. The van der Waals surface area contributed by atoms with Crippen molar-refractivity contribution in [1.82, 2.24) is 14.8 Å². The van der Waals surface area contributed by atoms with Crippen LogP contribution >= 0.6 is 11.8 Å². The molecule has 0 bridgehead atoms. The standard InChI is InChI=1S/C25H26N4O4S/c1-4-32-22-13-6-5-12-21(22)26-24(30)17(2)34-25-28-27-23(18-9-7-10-19(15-18)31-3)29(25)16-20-11-8-14-33-20/h5-15,17H,4,16H2,1-3H3,(H,26,30). The summed E-state index contributed by atoms with van der Waals surface area (Å²) < 4.78 is 18.5. The number of anilines is 1. The molecular formula is C25H26N4O4S. The Hall–Kier alpha value is -3.72. The van der Waals surface area contributed by atoms with Crippen LogP contribution in [0.1, 0.15) is 19.6 Å². The summed E-state index contributed by atoms with van der Waals surface area (Å²) in [4.78, 5) is 13.0. The molecule has 0 saturated heterocycles. The predicted octanol–water partition coefficient (Wildman–Crippen LogP) is 5.11. The van der Waals surface area contributed by atoms with E-state index in [1.807, 2.05) is 79.1 Å².